The quantitative estimate of drug-likeness (QED) is 0.815. The van der Waals surface area contributed by atoms with Crippen molar-refractivity contribution in [3.05, 3.63) is 60.7 Å². The summed E-state index contributed by atoms with van der Waals surface area (Å²) in [5, 5.41) is 1.50. The summed E-state index contributed by atoms with van der Waals surface area (Å²) in [5.41, 5.74) is -0.313. The third-order valence-electron chi connectivity index (χ3n) is 4.00. The fourth-order valence-electron chi connectivity index (χ4n) is 2.93. The molecular weight excluding hydrogens is 303 g/mol. The molecule has 0 radical (unpaired) electrons. The highest BCUT2D eigenvalue weighted by Gasteiger charge is 2.43. The Morgan fingerprint density at radius 2 is 1.33 bits per heavy atom. The second-order valence-electron chi connectivity index (χ2n) is 5.39. The average molecular weight is 320 g/mol. The van der Waals surface area contributed by atoms with Gasteiger partial charge in [-0.3, -0.25) is 0 Å². The molecule has 0 amide bonds. The molecule has 0 aromatic heterocycles. The minimum Gasteiger partial charge on any atom is -0.313 e. The summed E-state index contributed by atoms with van der Waals surface area (Å²) in [7, 11) is -6.00. The number of benzene rings is 2. The van der Waals surface area contributed by atoms with Gasteiger partial charge in [-0.1, -0.05) is 60.7 Å². The Balaban J connectivity index is 2.15. The SMILES string of the molecule is O=P(c1ccccc1)(c1ccccc1)C1CCS(=O)(=O)C1. The molecule has 1 unspecified atom stereocenters. The lowest BCUT2D eigenvalue weighted by molar-refractivity contribution is 0.578. The molecule has 21 heavy (non-hydrogen) atoms. The molecule has 2 aromatic carbocycles. The van der Waals surface area contributed by atoms with Gasteiger partial charge in [0, 0.05) is 16.3 Å². The molecular formula is C16H17O3PS. The Hall–Kier alpha value is -1.38. The van der Waals surface area contributed by atoms with Crippen LogP contribution >= 0.6 is 7.14 Å². The van der Waals surface area contributed by atoms with Gasteiger partial charge < -0.3 is 4.57 Å². The van der Waals surface area contributed by atoms with Crippen LogP contribution in [0.3, 0.4) is 0 Å². The summed E-state index contributed by atoms with van der Waals surface area (Å²) in [4.78, 5) is 0. The molecule has 1 atom stereocenters. The number of sulfone groups is 1. The van der Waals surface area contributed by atoms with Gasteiger partial charge >= 0.3 is 0 Å². The van der Waals surface area contributed by atoms with E-state index in [1.807, 2.05) is 60.7 Å². The van der Waals surface area contributed by atoms with Gasteiger partial charge in [-0.05, 0) is 6.42 Å². The molecule has 1 heterocycles. The smallest absolute Gasteiger partial charge is 0.151 e. The van der Waals surface area contributed by atoms with Crippen LogP contribution in [0.15, 0.2) is 60.7 Å². The molecule has 0 saturated carbocycles. The first-order valence-electron chi connectivity index (χ1n) is 6.94. The maximum atomic E-state index is 13.8. The van der Waals surface area contributed by atoms with Gasteiger partial charge in [0.2, 0.25) is 0 Å². The zero-order chi connectivity index (χ0) is 14.9. The van der Waals surface area contributed by atoms with Gasteiger partial charge in [0.15, 0.2) is 9.84 Å². The predicted molar refractivity (Wildman–Crippen MR) is 86.8 cm³/mol. The molecule has 0 N–H and O–H groups in total. The highest BCUT2D eigenvalue weighted by Crippen LogP contribution is 2.52. The molecule has 1 aliphatic heterocycles. The first-order chi connectivity index (χ1) is 10.0. The molecule has 0 aliphatic carbocycles. The van der Waals surface area contributed by atoms with E-state index in [1.165, 1.54) is 0 Å². The van der Waals surface area contributed by atoms with E-state index in [0.717, 1.165) is 10.6 Å². The van der Waals surface area contributed by atoms with Crippen LogP contribution in [0.5, 0.6) is 0 Å². The molecule has 2 aromatic rings. The van der Waals surface area contributed by atoms with E-state index >= 15 is 0 Å². The van der Waals surface area contributed by atoms with Crippen LogP contribution in [0.25, 0.3) is 0 Å². The summed E-state index contributed by atoms with van der Waals surface area (Å²) >= 11 is 0. The van der Waals surface area contributed by atoms with E-state index in [-0.39, 0.29) is 17.2 Å². The van der Waals surface area contributed by atoms with E-state index in [1.54, 1.807) is 0 Å². The molecule has 0 bridgehead atoms. The molecule has 1 saturated heterocycles. The normalized spacial score (nSPS) is 21.2. The van der Waals surface area contributed by atoms with E-state index < -0.39 is 17.0 Å². The van der Waals surface area contributed by atoms with E-state index in [4.69, 9.17) is 0 Å². The largest absolute Gasteiger partial charge is 0.313 e. The first-order valence-corrected chi connectivity index (χ1v) is 10.5. The second-order valence-corrected chi connectivity index (χ2v) is 10.7. The van der Waals surface area contributed by atoms with Crippen molar-refractivity contribution in [2.75, 3.05) is 11.5 Å². The van der Waals surface area contributed by atoms with Gasteiger partial charge in [0.1, 0.15) is 7.14 Å². The lowest BCUT2D eigenvalue weighted by Gasteiger charge is -2.24. The zero-order valence-electron chi connectivity index (χ0n) is 11.6. The minimum atomic E-state index is -3.07. The van der Waals surface area contributed by atoms with Crippen LogP contribution in [0.2, 0.25) is 0 Å². The van der Waals surface area contributed by atoms with Gasteiger partial charge in [-0.2, -0.15) is 0 Å². The van der Waals surface area contributed by atoms with E-state index in [9.17, 15) is 13.0 Å². The second kappa shape index (κ2) is 5.43. The van der Waals surface area contributed by atoms with Crippen molar-refractivity contribution in [3.63, 3.8) is 0 Å². The van der Waals surface area contributed by atoms with Crippen molar-refractivity contribution < 1.29 is 13.0 Å². The Bertz CT molecular complexity index is 726. The summed E-state index contributed by atoms with van der Waals surface area (Å²) in [5.74, 6) is 0.162. The lowest BCUT2D eigenvalue weighted by Crippen LogP contribution is -2.26. The molecule has 3 rings (SSSR count). The van der Waals surface area contributed by atoms with Crippen molar-refractivity contribution in [1.29, 1.82) is 0 Å². The van der Waals surface area contributed by atoms with Gasteiger partial charge in [0.25, 0.3) is 0 Å². The zero-order valence-corrected chi connectivity index (χ0v) is 13.3. The first kappa shape index (κ1) is 14.6. The molecule has 1 fully saturated rings. The standard InChI is InChI=1S/C16H17O3PS/c17-20(14-7-3-1-4-8-14,15-9-5-2-6-10-15)16-11-12-21(18,19)13-16/h1-10,16H,11-13H2. The topological polar surface area (TPSA) is 51.2 Å². The van der Waals surface area contributed by atoms with Gasteiger partial charge in [0.05, 0.1) is 11.5 Å². The van der Waals surface area contributed by atoms with Gasteiger partial charge in [-0.25, -0.2) is 8.42 Å². The summed E-state index contributed by atoms with van der Waals surface area (Å²) < 4.78 is 37.5. The Kier molecular flexibility index (Phi) is 3.76. The molecule has 0 spiro atoms. The Morgan fingerprint density at radius 3 is 1.71 bits per heavy atom. The number of hydrogen-bond acceptors (Lipinski definition) is 3. The van der Waals surface area contributed by atoms with Crippen molar-refractivity contribution in [3.8, 4) is 0 Å². The van der Waals surface area contributed by atoms with Crippen molar-refractivity contribution >= 4 is 27.6 Å². The van der Waals surface area contributed by atoms with Crippen molar-refractivity contribution in [2.24, 2.45) is 0 Å². The molecule has 5 heteroatoms. The Labute approximate surface area is 125 Å². The third kappa shape index (κ3) is 2.70. The maximum absolute atomic E-state index is 13.8. The third-order valence-corrected chi connectivity index (χ3v) is 9.62. The number of hydrogen-bond donors (Lipinski definition) is 0. The van der Waals surface area contributed by atoms with Crippen LogP contribution in [0.4, 0.5) is 0 Å². The fraction of sp³-hybridized carbons (Fsp3) is 0.250. The predicted octanol–water partition coefficient (Wildman–Crippen LogP) is 2.19. The van der Waals surface area contributed by atoms with Gasteiger partial charge in [-0.15, -0.1) is 0 Å². The molecule has 3 nitrogen and oxygen atoms in total. The van der Waals surface area contributed by atoms with Crippen LogP contribution < -0.4 is 10.6 Å². The van der Waals surface area contributed by atoms with Crippen molar-refractivity contribution in [1.82, 2.24) is 0 Å². The van der Waals surface area contributed by atoms with Crippen LogP contribution in [-0.4, -0.2) is 25.6 Å². The maximum Gasteiger partial charge on any atom is 0.151 e. The Morgan fingerprint density at radius 1 is 0.857 bits per heavy atom. The molecule has 110 valence electrons. The average Bonchev–Trinajstić information content (AvgIpc) is 2.89. The minimum absolute atomic E-state index is 0.0219. The lowest BCUT2D eigenvalue weighted by atomic mass is 10.3. The highest BCUT2D eigenvalue weighted by molar-refractivity contribution is 7.93. The van der Waals surface area contributed by atoms with Crippen LogP contribution in [0.1, 0.15) is 6.42 Å². The van der Waals surface area contributed by atoms with Crippen LogP contribution in [0, 0.1) is 0 Å². The van der Waals surface area contributed by atoms with E-state index in [0.29, 0.717) is 6.42 Å². The van der Waals surface area contributed by atoms with Crippen molar-refractivity contribution in [2.45, 2.75) is 12.1 Å². The number of rotatable bonds is 3. The fourth-order valence-corrected chi connectivity index (χ4v) is 9.05. The van der Waals surface area contributed by atoms with Crippen LogP contribution in [-0.2, 0) is 14.4 Å². The summed E-state index contributed by atoms with van der Waals surface area (Å²) in [6.07, 6.45) is 0.476. The summed E-state index contributed by atoms with van der Waals surface area (Å²) in [6, 6.07) is 18.6. The molecule has 1 aliphatic rings. The monoisotopic (exact) mass is 320 g/mol. The highest BCUT2D eigenvalue weighted by atomic mass is 32.2. The van der Waals surface area contributed by atoms with E-state index in [2.05, 4.69) is 0 Å². The summed E-state index contributed by atoms with van der Waals surface area (Å²) in [6.45, 7) is 0.